The fourth-order valence-electron chi connectivity index (χ4n) is 5.06. The van der Waals surface area contributed by atoms with E-state index in [1.54, 1.807) is 12.1 Å². The van der Waals surface area contributed by atoms with Crippen LogP contribution in [0.25, 0.3) is 11.1 Å². The molecule has 0 N–H and O–H groups in total. The molecule has 0 heterocycles. The minimum absolute atomic E-state index is 0.135. The van der Waals surface area contributed by atoms with Gasteiger partial charge in [0.15, 0.2) is 11.6 Å². The largest absolute Gasteiger partial charge is 0.573 e. The van der Waals surface area contributed by atoms with Gasteiger partial charge in [0.2, 0.25) is 5.75 Å². The molecule has 204 valence electrons. The molecular weight excluding hydrogens is 513 g/mol. The van der Waals surface area contributed by atoms with Gasteiger partial charge in [-0.1, -0.05) is 50.1 Å². The topological polar surface area (TPSA) is 18.5 Å². The zero-order chi connectivity index (χ0) is 27.5. The van der Waals surface area contributed by atoms with Gasteiger partial charge in [-0.15, -0.1) is 13.2 Å². The van der Waals surface area contributed by atoms with Gasteiger partial charge in [-0.25, -0.2) is 8.78 Å². The normalized spacial score (nSPS) is 18.3. The van der Waals surface area contributed by atoms with Crippen LogP contribution in [0.4, 0.5) is 30.7 Å². The van der Waals surface area contributed by atoms with Gasteiger partial charge in [0.05, 0.1) is 5.56 Å². The van der Waals surface area contributed by atoms with Crippen LogP contribution in [-0.4, -0.2) is 6.36 Å². The fourth-order valence-corrected chi connectivity index (χ4v) is 5.06. The zero-order valence-corrected chi connectivity index (χ0v) is 20.6. The molecule has 38 heavy (non-hydrogen) atoms. The molecule has 1 saturated carbocycles. The summed E-state index contributed by atoms with van der Waals surface area (Å²) in [6, 6.07) is 12.3. The van der Waals surface area contributed by atoms with E-state index in [0.717, 1.165) is 43.6 Å². The van der Waals surface area contributed by atoms with Crippen LogP contribution < -0.4 is 9.47 Å². The van der Waals surface area contributed by atoms with Gasteiger partial charge in [-0.2, -0.15) is 8.78 Å². The Balaban J connectivity index is 1.53. The summed E-state index contributed by atoms with van der Waals surface area (Å²) in [5, 5.41) is 0. The lowest BCUT2D eigenvalue weighted by Gasteiger charge is -2.29. The molecule has 0 bridgehead atoms. The van der Waals surface area contributed by atoms with E-state index in [1.807, 2.05) is 0 Å². The van der Waals surface area contributed by atoms with Crippen LogP contribution in [0.1, 0.15) is 62.5 Å². The molecule has 9 heteroatoms. The number of halogens is 7. The van der Waals surface area contributed by atoms with Crippen LogP contribution in [0, 0.1) is 17.6 Å². The van der Waals surface area contributed by atoms with Crippen molar-refractivity contribution in [1.82, 2.24) is 0 Å². The summed E-state index contributed by atoms with van der Waals surface area (Å²) in [5.41, 5.74) is 0.160. The van der Waals surface area contributed by atoms with Crippen molar-refractivity contribution < 1.29 is 40.2 Å². The molecule has 0 aromatic heterocycles. The standard InChI is InChI=1S/C29H27F7O2/c1-2-5-18-8-10-19(11-9-18)20-12-14-22(15-13-20)28(32,33)37-26-7-4-3-6-23(26)21-16-24(30)27(25(31)17-21)38-29(34,35)36/h3-4,6-7,12-19H,2,5,8-11H2,1H3. The van der Waals surface area contributed by atoms with Crippen LogP contribution in [0.5, 0.6) is 11.5 Å². The molecule has 0 unspecified atom stereocenters. The molecular formula is C29H27F7O2. The highest BCUT2D eigenvalue weighted by atomic mass is 19.4. The van der Waals surface area contributed by atoms with Crippen molar-refractivity contribution in [2.75, 3.05) is 0 Å². The fraction of sp³-hybridized carbons (Fsp3) is 0.379. The minimum Gasteiger partial charge on any atom is -0.428 e. The Labute approximate surface area is 216 Å². The van der Waals surface area contributed by atoms with Crippen LogP contribution >= 0.6 is 0 Å². The predicted octanol–water partition coefficient (Wildman–Crippen LogP) is 9.73. The van der Waals surface area contributed by atoms with E-state index in [-0.39, 0.29) is 11.1 Å². The maximum atomic E-state index is 15.1. The maximum Gasteiger partial charge on any atom is 0.573 e. The third-order valence-electron chi connectivity index (χ3n) is 6.91. The van der Waals surface area contributed by atoms with Gasteiger partial charge < -0.3 is 9.47 Å². The van der Waals surface area contributed by atoms with E-state index in [4.69, 9.17) is 4.74 Å². The van der Waals surface area contributed by atoms with Crippen molar-refractivity contribution in [3.8, 4) is 22.6 Å². The first kappa shape index (κ1) is 27.8. The predicted molar refractivity (Wildman–Crippen MR) is 129 cm³/mol. The molecule has 0 atom stereocenters. The molecule has 0 saturated heterocycles. The Hall–Kier alpha value is -3.23. The number of rotatable bonds is 8. The van der Waals surface area contributed by atoms with Gasteiger partial charge in [-0.05, 0) is 79.0 Å². The molecule has 3 aromatic carbocycles. The lowest BCUT2D eigenvalue weighted by Crippen LogP contribution is -2.22. The Morgan fingerprint density at radius 1 is 0.789 bits per heavy atom. The van der Waals surface area contributed by atoms with Gasteiger partial charge in [0.1, 0.15) is 5.75 Å². The second-order valence-electron chi connectivity index (χ2n) is 9.56. The van der Waals surface area contributed by atoms with Crippen molar-refractivity contribution in [3.05, 3.63) is 83.4 Å². The summed E-state index contributed by atoms with van der Waals surface area (Å²) in [5.74, 6) is -4.27. The smallest absolute Gasteiger partial charge is 0.428 e. The van der Waals surface area contributed by atoms with E-state index >= 15 is 8.78 Å². The Morgan fingerprint density at radius 3 is 1.97 bits per heavy atom. The highest BCUT2D eigenvalue weighted by Crippen LogP contribution is 2.41. The first-order valence-corrected chi connectivity index (χ1v) is 12.5. The molecule has 0 aliphatic heterocycles. The third-order valence-corrected chi connectivity index (χ3v) is 6.91. The number of hydrogen-bond donors (Lipinski definition) is 0. The number of hydrogen-bond acceptors (Lipinski definition) is 2. The highest BCUT2D eigenvalue weighted by Gasteiger charge is 2.37. The number of para-hydroxylation sites is 1. The average Bonchev–Trinajstić information content (AvgIpc) is 2.86. The molecule has 1 aliphatic carbocycles. The van der Waals surface area contributed by atoms with E-state index < -0.39 is 41.2 Å². The van der Waals surface area contributed by atoms with E-state index in [2.05, 4.69) is 11.7 Å². The highest BCUT2D eigenvalue weighted by molar-refractivity contribution is 5.71. The minimum atomic E-state index is -5.31. The maximum absolute atomic E-state index is 15.1. The molecule has 0 amide bonds. The second-order valence-corrected chi connectivity index (χ2v) is 9.56. The summed E-state index contributed by atoms with van der Waals surface area (Å²) < 4.78 is 105. The van der Waals surface area contributed by atoms with Crippen molar-refractivity contribution in [2.45, 2.75) is 63.8 Å². The van der Waals surface area contributed by atoms with Crippen LogP contribution in [0.2, 0.25) is 0 Å². The molecule has 3 aromatic rings. The average molecular weight is 541 g/mol. The van der Waals surface area contributed by atoms with E-state index in [1.165, 1.54) is 42.8 Å². The second kappa shape index (κ2) is 11.3. The lowest BCUT2D eigenvalue weighted by molar-refractivity contribution is -0.276. The molecule has 1 aliphatic rings. The Morgan fingerprint density at radius 2 is 1.39 bits per heavy atom. The van der Waals surface area contributed by atoms with E-state index in [9.17, 15) is 22.0 Å². The number of alkyl halides is 5. The van der Waals surface area contributed by atoms with Crippen LogP contribution in [-0.2, 0) is 6.11 Å². The van der Waals surface area contributed by atoms with Crippen molar-refractivity contribution >= 4 is 0 Å². The third kappa shape index (κ3) is 6.60. The number of ether oxygens (including phenoxy) is 2. The summed E-state index contributed by atoms with van der Waals surface area (Å²) in [6.07, 6.45) is -2.44. The zero-order valence-electron chi connectivity index (χ0n) is 20.6. The van der Waals surface area contributed by atoms with Crippen molar-refractivity contribution in [3.63, 3.8) is 0 Å². The van der Waals surface area contributed by atoms with Gasteiger partial charge >= 0.3 is 12.5 Å². The van der Waals surface area contributed by atoms with Crippen molar-refractivity contribution in [2.24, 2.45) is 5.92 Å². The lowest BCUT2D eigenvalue weighted by atomic mass is 9.77. The summed E-state index contributed by atoms with van der Waals surface area (Å²) in [7, 11) is 0. The van der Waals surface area contributed by atoms with Crippen molar-refractivity contribution in [1.29, 1.82) is 0 Å². The Kier molecular flexibility index (Phi) is 8.23. The van der Waals surface area contributed by atoms with Gasteiger partial charge in [0.25, 0.3) is 0 Å². The molecule has 2 nitrogen and oxygen atoms in total. The summed E-state index contributed by atoms with van der Waals surface area (Å²) in [6.45, 7) is 2.17. The van der Waals surface area contributed by atoms with Crippen LogP contribution in [0.3, 0.4) is 0 Å². The van der Waals surface area contributed by atoms with Gasteiger partial charge in [0, 0.05) is 5.56 Å². The Bertz CT molecular complexity index is 1210. The molecule has 0 spiro atoms. The quantitative estimate of drug-likeness (QED) is 0.265. The summed E-state index contributed by atoms with van der Waals surface area (Å²) in [4.78, 5) is 0. The molecule has 1 fully saturated rings. The number of benzene rings is 3. The SMILES string of the molecule is CCCC1CCC(c2ccc(C(F)(F)Oc3ccccc3-c3cc(F)c(OC(F)(F)F)c(F)c3)cc2)CC1. The van der Waals surface area contributed by atoms with Crippen LogP contribution in [0.15, 0.2) is 60.7 Å². The molecule has 0 radical (unpaired) electrons. The summed E-state index contributed by atoms with van der Waals surface area (Å²) >= 11 is 0. The van der Waals surface area contributed by atoms with Gasteiger partial charge in [-0.3, -0.25) is 0 Å². The van der Waals surface area contributed by atoms with E-state index in [0.29, 0.717) is 18.1 Å². The monoisotopic (exact) mass is 540 g/mol. The first-order chi connectivity index (χ1) is 18.0. The molecule has 4 rings (SSSR count). The first-order valence-electron chi connectivity index (χ1n) is 12.5.